The fraction of sp³-hybridized carbons (Fsp3) is 0.273. The molecule has 0 unspecified atom stereocenters. The Morgan fingerprint density at radius 3 is 2.67 bits per heavy atom. The summed E-state index contributed by atoms with van der Waals surface area (Å²) in [5.41, 5.74) is 4.04. The number of rotatable bonds is 0. The molecule has 0 N–H and O–H groups in total. The summed E-state index contributed by atoms with van der Waals surface area (Å²) >= 11 is 0. The minimum absolute atomic E-state index is 0.241. The average molecular weight is 158 g/mol. The number of hydrogen-bond acceptors (Lipinski definition) is 1. The van der Waals surface area contributed by atoms with Crippen LogP contribution in [0.2, 0.25) is 0 Å². The van der Waals surface area contributed by atoms with Gasteiger partial charge in [-0.15, -0.1) is 0 Å². The van der Waals surface area contributed by atoms with Gasteiger partial charge in [0.15, 0.2) is 0 Å². The van der Waals surface area contributed by atoms with Gasteiger partial charge in [-0.05, 0) is 18.1 Å². The van der Waals surface area contributed by atoms with Crippen molar-refractivity contribution in [1.82, 2.24) is 0 Å². The summed E-state index contributed by atoms with van der Waals surface area (Å²) in [5.74, 6) is 0. The smallest absolute Gasteiger partial charge is 0.102 e. The second-order valence-corrected chi connectivity index (χ2v) is 3.49. The van der Waals surface area contributed by atoms with Crippen LogP contribution in [0.25, 0.3) is 0 Å². The number of ether oxygens (including phenoxy) is 1. The first-order valence-corrected chi connectivity index (χ1v) is 4.29. The first-order chi connectivity index (χ1) is 5.84. The van der Waals surface area contributed by atoms with Gasteiger partial charge in [0.1, 0.15) is 12.2 Å². The molecule has 2 aliphatic heterocycles. The lowest BCUT2D eigenvalue weighted by molar-refractivity contribution is 0.0878. The van der Waals surface area contributed by atoms with E-state index in [2.05, 4.69) is 37.3 Å². The van der Waals surface area contributed by atoms with Crippen molar-refractivity contribution < 1.29 is 4.74 Å². The maximum Gasteiger partial charge on any atom is 0.102 e. The highest BCUT2D eigenvalue weighted by Crippen LogP contribution is 2.45. The van der Waals surface area contributed by atoms with Crippen molar-refractivity contribution >= 4 is 0 Å². The van der Waals surface area contributed by atoms with Crippen molar-refractivity contribution in [2.45, 2.75) is 19.1 Å². The molecule has 3 rings (SSSR count). The van der Waals surface area contributed by atoms with E-state index in [1.807, 2.05) is 0 Å². The van der Waals surface area contributed by atoms with E-state index in [1.54, 1.807) is 0 Å². The van der Waals surface area contributed by atoms with Gasteiger partial charge in [-0.25, -0.2) is 0 Å². The lowest BCUT2D eigenvalue weighted by atomic mass is 9.95. The Labute approximate surface area is 71.7 Å². The van der Waals surface area contributed by atoms with Gasteiger partial charge >= 0.3 is 0 Å². The van der Waals surface area contributed by atoms with Gasteiger partial charge in [0.25, 0.3) is 0 Å². The maximum absolute atomic E-state index is 5.69. The zero-order valence-corrected chi connectivity index (χ0v) is 6.95. The lowest BCUT2D eigenvalue weighted by Gasteiger charge is -2.06. The third-order valence-corrected chi connectivity index (χ3v) is 2.61. The predicted octanol–water partition coefficient (Wildman–Crippen LogP) is 2.68. The Morgan fingerprint density at radius 1 is 1.08 bits per heavy atom. The van der Waals surface area contributed by atoms with Gasteiger partial charge in [-0.3, -0.25) is 0 Å². The zero-order valence-electron chi connectivity index (χ0n) is 6.95. The average Bonchev–Trinajstić information content (AvgIpc) is 2.63. The summed E-state index contributed by atoms with van der Waals surface area (Å²) < 4.78 is 5.69. The lowest BCUT2D eigenvalue weighted by Crippen LogP contribution is -1.92. The van der Waals surface area contributed by atoms with E-state index in [4.69, 9.17) is 4.74 Å². The minimum atomic E-state index is 0.241. The van der Waals surface area contributed by atoms with E-state index < -0.39 is 0 Å². The van der Waals surface area contributed by atoms with E-state index >= 15 is 0 Å². The topological polar surface area (TPSA) is 9.23 Å². The van der Waals surface area contributed by atoms with E-state index in [-0.39, 0.29) is 12.2 Å². The van der Waals surface area contributed by atoms with Crippen molar-refractivity contribution in [2.75, 3.05) is 0 Å². The second-order valence-electron chi connectivity index (χ2n) is 3.49. The molecule has 2 bridgehead atoms. The molecule has 0 aromatic heterocycles. The molecule has 0 saturated heterocycles. The summed E-state index contributed by atoms with van der Waals surface area (Å²) in [7, 11) is 0. The van der Waals surface area contributed by atoms with Crippen LogP contribution in [0.4, 0.5) is 0 Å². The van der Waals surface area contributed by atoms with Crippen molar-refractivity contribution in [3.8, 4) is 0 Å². The second kappa shape index (κ2) is 1.99. The van der Waals surface area contributed by atoms with Crippen LogP contribution in [0.3, 0.4) is 0 Å². The molecular weight excluding hydrogens is 148 g/mol. The summed E-state index contributed by atoms with van der Waals surface area (Å²) in [6, 6.07) is 6.55. The van der Waals surface area contributed by atoms with E-state index in [9.17, 15) is 0 Å². The number of benzene rings is 1. The van der Waals surface area contributed by atoms with Gasteiger partial charge in [0.05, 0.1) is 0 Å². The Morgan fingerprint density at radius 2 is 1.83 bits per heavy atom. The van der Waals surface area contributed by atoms with Gasteiger partial charge in [-0.1, -0.05) is 35.9 Å². The third kappa shape index (κ3) is 0.669. The monoisotopic (exact) mass is 158 g/mol. The number of aryl methyl sites for hydroxylation is 1. The molecule has 0 radical (unpaired) electrons. The Balaban J connectivity index is 2.24. The largest absolute Gasteiger partial charge is 0.357 e. The molecule has 60 valence electrons. The minimum Gasteiger partial charge on any atom is -0.357 e. The third-order valence-electron chi connectivity index (χ3n) is 2.61. The fourth-order valence-corrected chi connectivity index (χ4v) is 2.00. The molecule has 1 aromatic carbocycles. The maximum atomic E-state index is 5.69. The molecule has 0 aliphatic carbocycles. The highest BCUT2D eigenvalue weighted by atomic mass is 16.5. The van der Waals surface area contributed by atoms with Crippen LogP contribution in [-0.4, -0.2) is 0 Å². The summed E-state index contributed by atoms with van der Waals surface area (Å²) in [6.45, 7) is 2.12. The molecule has 1 aromatic rings. The zero-order chi connectivity index (χ0) is 8.13. The molecular formula is C11H10O. The van der Waals surface area contributed by atoms with E-state index in [1.165, 1.54) is 16.7 Å². The highest BCUT2D eigenvalue weighted by Gasteiger charge is 2.32. The molecule has 0 spiro atoms. The summed E-state index contributed by atoms with van der Waals surface area (Å²) in [4.78, 5) is 0. The number of hydrogen-bond donors (Lipinski definition) is 0. The SMILES string of the molecule is Cc1ccc2c(c1)[C@@H]1C=C[C@H]2O1. The van der Waals surface area contributed by atoms with Crippen LogP contribution in [0.1, 0.15) is 28.9 Å². The molecule has 0 saturated carbocycles. The fourth-order valence-electron chi connectivity index (χ4n) is 2.00. The quantitative estimate of drug-likeness (QED) is 0.527. The van der Waals surface area contributed by atoms with Crippen molar-refractivity contribution in [2.24, 2.45) is 0 Å². The van der Waals surface area contributed by atoms with Crippen LogP contribution < -0.4 is 0 Å². The Hall–Kier alpha value is -1.08. The molecule has 1 nitrogen and oxygen atoms in total. The van der Waals surface area contributed by atoms with Gasteiger partial charge in [0.2, 0.25) is 0 Å². The van der Waals surface area contributed by atoms with E-state index in [0.717, 1.165) is 0 Å². The number of fused-ring (bicyclic) bond motifs is 5. The molecule has 2 atom stereocenters. The Kier molecular flexibility index (Phi) is 1.07. The molecule has 1 heteroatoms. The van der Waals surface area contributed by atoms with E-state index in [0.29, 0.717) is 0 Å². The first-order valence-electron chi connectivity index (χ1n) is 4.29. The Bertz CT molecular complexity index is 365. The standard InChI is InChI=1S/C11H10O/c1-7-2-3-8-9(6-7)11-5-4-10(8)12-11/h2-6,10-11H,1H3/t10-,11+/m1/s1. The van der Waals surface area contributed by atoms with Gasteiger partial charge in [-0.2, -0.15) is 0 Å². The summed E-state index contributed by atoms with van der Waals surface area (Å²) in [6.07, 6.45) is 4.77. The molecule has 12 heavy (non-hydrogen) atoms. The molecule has 2 heterocycles. The molecule has 0 fully saturated rings. The first kappa shape index (κ1) is 6.44. The van der Waals surface area contributed by atoms with Crippen molar-refractivity contribution in [3.05, 3.63) is 47.0 Å². The van der Waals surface area contributed by atoms with Gasteiger partial charge in [0, 0.05) is 0 Å². The van der Waals surface area contributed by atoms with Crippen molar-refractivity contribution in [1.29, 1.82) is 0 Å². The van der Waals surface area contributed by atoms with Crippen LogP contribution in [0.15, 0.2) is 30.4 Å². The summed E-state index contributed by atoms with van der Waals surface area (Å²) in [5, 5.41) is 0. The molecule has 0 amide bonds. The normalized spacial score (nSPS) is 29.4. The predicted molar refractivity (Wildman–Crippen MR) is 46.9 cm³/mol. The van der Waals surface area contributed by atoms with Gasteiger partial charge < -0.3 is 4.74 Å². The van der Waals surface area contributed by atoms with Crippen LogP contribution in [-0.2, 0) is 4.74 Å². The molecule has 2 aliphatic rings. The van der Waals surface area contributed by atoms with Crippen LogP contribution >= 0.6 is 0 Å². The van der Waals surface area contributed by atoms with Crippen LogP contribution in [0.5, 0.6) is 0 Å². The van der Waals surface area contributed by atoms with Crippen molar-refractivity contribution in [3.63, 3.8) is 0 Å². The van der Waals surface area contributed by atoms with Crippen LogP contribution in [0, 0.1) is 6.92 Å². The highest BCUT2D eigenvalue weighted by molar-refractivity contribution is 5.44.